The van der Waals surface area contributed by atoms with Crippen molar-refractivity contribution in [3.05, 3.63) is 58.1 Å². The normalized spacial score (nSPS) is 13.6. The lowest BCUT2D eigenvalue weighted by Gasteiger charge is -2.16. The Balaban J connectivity index is 1.56. The van der Waals surface area contributed by atoms with Gasteiger partial charge in [-0.15, -0.1) is 0 Å². The lowest BCUT2D eigenvalue weighted by atomic mass is 10.1. The number of nitrogens with zero attached hydrogens (tertiary/aromatic N) is 1. The summed E-state index contributed by atoms with van der Waals surface area (Å²) in [5.74, 6) is 0.202. The number of methoxy groups -OCH3 is 1. The van der Waals surface area contributed by atoms with E-state index in [1.807, 2.05) is 0 Å². The monoisotopic (exact) mass is 345 g/mol. The number of hydrogen-bond donors (Lipinski definition) is 2. The third-order valence-corrected chi connectivity index (χ3v) is 4.51. The Morgan fingerprint density at radius 3 is 2.58 bits per heavy atom. The van der Waals surface area contributed by atoms with E-state index in [0.717, 1.165) is 19.6 Å². The van der Waals surface area contributed by atoms with E-state index in [9.17, 15) is 4.79 Å². The van der Waals surface area contributed by atoms with Gasteiger partial charge in [0.2, 0.25) is 0 Å². The molecule has 0 saturated carbocycles. The minimum absolute atomic E-state index is 0.217. The van der Waals surface area contributed by atoms with Crippen LogP contribution in [0.2, 0.25) is 5.02 Å². The van der Waals surface area contributed by atoms with Crippen molar-refractivity contribution >= 4 is 23.2 Å². The van der Waals surface area contributed by atoms with Crippen LogP contribution in [0.1, 0.15) is 21.5 Å². The summed E-state index contributed by atoms with van der Waals surface area (Å²) in [7, 11) is 1.50. The van der Waals surface area contributed by atoms with Gasteiger partial charge < -0.3 is 15.8 Å². The molecule has 0 saturated heterocycles. The molecule has 126 valence electrons. The Labute approximate surface area is 146 Å². The number of nitrogen functional groups attached to an aromatic ring is 1. The molecule has 1 heterocycles. The van der Waals surface area contributed by atoms with Gasteiger partial charge in [0.25, 0.3) is 5.91 Å². The van der Waals surface area contributed by atoms with E-state index < -0.39 is 0 Å². The number of halogens is 1. The number of nitrogens with two attached hydrogens (primary N) is 1. The fraction of sp³-hybridized carbons (Fsp3) is 0.278. The number of carbonyl (C=O) groups excluding carboxylic acids is 1. The maximum atomic E-state index is 12.4. The molecule has 0 atom stereocenters. The molecule has 3 N–H and O–H groups in total. The minimum atomic E-state index is -0.217. The molecule has 1 amide bonds. The second-order valence-electron chi connectivity index (χ2n) is 5.81. The van der Waals surface area contributed by atoms with E-state index in [4.69, 9.17) is 22.1 Å². The van der Waals surface area contributed by atoms with Gasteiger partial charge in [0.15, 0.2) is 0 Å². The van der Waals surface area contributed by atoms with Crippen molar-refractivity contribution in [1.82, 2.24) is 10.2 Å². The van der Waals surface area contributed by atoms with Crippen LogP contribution in [0, 0.1) is 0 Å². The van der Waals surface area contributed by atoms with Crippen molar-refractivity contribution in [2.75, 3.05) is 25.9 Å². The zero-order valence-corrected chi connectivity index (χ0v) is 14.3. The molecular formula is C18H20ClN3O2. The zero-order chi connectivity index (χ0) is 17.1. The predicted octanol–water partition coefficient (Wildman–Crippen LogP) is 2.68. The predicted molar refractivity (Wildman–Crippen MR) is 95.3 cm³/mol. The number of anilines is 1. The van der Waals surface area contributed by atoms with E-state index in [-0.39, 0.29) is 5.91 Å². The molecule has 1 aliphatic rings. The van der Waals surface area contributed by atoms with Crippen LogP contribution in [-0.2, 0) is 13.1 Å². The molecule has 0 aliphatic carbocycles. The van der Waals surface area contributed by atoms with Gasteiger partial charge in [0.1, 0.15) is 5.75 Å². The van der Waals surface area contributed by atoms with Gasteiger partial charge in [0.05, 0.1) is 23.4 Å². The number of benzene rings is 2. The van der Waals surface area contributed by atoms with Crippen molar-refractivity contribution < 1.29 is 9.53 Å². The molecule has 0 radical (unpaired) electrons. The van der Waals surface area contributed by atoms with Gasteiger partial charge in [0, 0.05) is 32.2 Å². The summed E-state index contributed by atoms with van der Waals surface area (Å²) < 4.78 is 5.21. The summed E-state index contributed by atoms with van der Waals surface area (Å²) in [4.78, 5) is 14.7. The molecule has 2 aromatic carbocycles. The molecule has 1 aliphatic heterocycles. The van der Waals surface area contributed by atoms with Crippen LogP contribution < -0.4 is 15.8 Å². The van der Waals surface area contributed by atoms with E-state index >= 15 is 0 Å². The highest BCUT2D eigenvalue weighted by Gasteiger charge is 2.19. The standard InChI is InChI=1S/C18H20ClN3O2/c1-24-17-9-16(20)15(19)8-14(17)18(23)21-6-7-22-10-12-4-2-3-5-13(12)11-22/h2-5,8-9H,6-7,10-11,20H2,1H3,(H,21,23). The van der Waals surface area contributed by atoms with E-state index in [1.54, 1.807) is 6.07 Å². The largest absolute Gasteiger partial charge is 0.496 e. The molecule has 0 unspecified atom stereocenters. The molecule has 0 fully saturated rings. The number of rotatable bonds is 5. The highest BCUT2D eigenvalue weighted by atomic mass is 35.5. The summed E-state index contributed by atoms with van der Waals surface area (Å²) in [6.07, 6.45) is 0. The van der Waals surface area contributed by atoms with Gasteiger partial charge in [-0.05, 0) is 17.2 Å². The second-order valence-corrected chi connectivity index (χ2v) is 6.22. The average molecular weight is 346 g/mol. The van der Waals surface area contributed by atoms with Crippen LogP contribution in [0.25, 0.3) is 0 Å². The number of carbonyl (C=O) groups is 1. The number of hydrogen-bond acceptors (Lipinski definition) is 4. The Kier molecular flexibility index (Phi) is 4.92. The van der Waals surface area contributed by atoms with Gasteiger partial charge in [-0.1, -0.05) is 35.9 Å². The molecule has 3 rings (SSSR count). The summed E-state index contributed by atoms with van der Waals surface area (Å²) >= 11 is 6.01. The molecule has 6 heteroatoms. The molecular weight excluding hydrogens is 326 g/mol. The summed E-state index contributed by atoms with van der Waals surface area (Å²) in [6.45, 7) is 3.18. The van der Waals surface area contributed by atoms with Crippen LogP contribution in [0.5, 0.6) is 5.75 Å². The van der Waals surface area contributed by atoms with Crippen LogP contribution in [0.3, 0.4) is 0 Å². The molecule has 24 heavy (non-hydrogen) atoms. The van der Waals surface area contributed by atoms with Gasteiger partial charge >= 0.3 is 0 Å². The first-order valence-electron chi connectivity index (χ1n) is 7.79. The van der Waals surface area contributed by atoms with Crippen molar-refractivity contribution in [3.63, 3.8) is 0 Å². The Morgan fingerprint density at radius 1 is 1.29 bits per heavy atom. The van der Waals surface area contributed by atoms with Crippen LogP contribution in [0.15, 0.2) is 36.4 Å². The number of amides is 1. The first kappa shape index (κ1) is 16.6. The third-order valence-electron chi connectivity index (χ3n) is 4.18. The van der Waals surface area contributed by atoms with Gasteiger partial charge in [-0.3, -0.25) is 9.69 Å². The average Bonchev–Trinajstić information content (AvgIpc) is 2.99. The zero-order valence-electron chi connectivity index (χ0n) is 13.5. The summed E-state index contributed by atoms with van der Waals surface area (Å²) in [6, 6.07) is 11.5. The van der Waals surface area contributed by atoms with Crippen LogP contribution in [-0.4, -0.2) is 31.0 Å². The van der Waals surface area contributed by atoms with E-state index in [2.05, 4.69) is 34.5 Å². The number of fused-ring (bicyclic) bond motifs is 1. The third kappa shape index (κ3) is 3.47. The molecule has 0 aromatic heterocycles. The lowest BCUT2D eigenvalue weighted by Crippen LogP contribution is -2.32. The van der Waals surface area contributed by atoms with Gasteiger partial charge in [-0.25, -0.2) is 0 Å². The van der Waals surface area contributed by atoms with Crippen LogP contribution >= 0.6 is 11.6 Å². The highest BCUT2D eigenvalue weighted by Crippen LogP contribution is 2.28. The molecule has 5 nitrogen and oxygen atoms in total. The van der Waals surface area contributed by atoms with Gasteiger partial charge in [-0.2, -0.15) is 0 Å². The SMILES string of the molecule is COc1cc(N)c(Cl)cc1C(=O)NCCN1Cc2ccccc2C1. The first-order chi connectivity index (χ1) is 11.6. The maximum Gasteiger partial charge on any atom is 0.255 e. The quantitative estimate of drug-likeness (QED) is 0.818. The topological polar surface area (TPSA) is 67.6 Å². The Morgan fingerprint density at radius 2 is 1.96 bits per heavy atom. The number of nitrogens with one attached hydrogen (secondary N) is 1. The van der Waals surface area contributed by atoms with E-state index in [0.29, 0.717) is 28.6 Å². The number of ether oxygens (including phenoxy) is 1. The molecule has 0 spiro atoms. The Hall–Kier alpha value is -2.24. The molecule has 2 aromatic rings. The van der Waals surface area contributed by atoms with Crippen LogP contribution in [0.4, 0.5) is 5.69 Å². The minimum Gasteiger partial charge on any atom is -0.496 e. The second kappa shape index (κ2) is 7.11. The first-order valence-corrected chi connectivity index (χ1v) is 8.16. The van der Waals surface area contributed by atoms with Crippen molar-refractivity contribution in [1.29, 1.82) is 0 Å². The van der Waals surface area contributed by atoms with Crippen molar-refractivity contribution in [2.45, 2.75) is 13.1 Å². The smallest absolute Gasteiger partial charge is 0.255 e. The van der Waals surface area contributed by atoms with Crippen molar-refractivity contribution in [3.8, 4) is 5.75 Å². The lowest BCUT2D eigenvalue weighted by molar-refractivity contribution is 0.0945. The fourth-order valence-corrected chi connectivity index (χ4v) is 3.06. The highest BCUT2D eigenvalue weighted by molar-refractivity contribution is 6.33. The Bertz CT molecular complexity index is 739. The fourth-order valence-electron chi connectivity index (χ4n) is 2.90. The van der Waals surface area contributed by atoms with E-state index in [1.165, 1.54) is 24.3 Å². The summed E-state index contributed by atoms with van der Waals surface area (Å²) in [5.41, 5.74) is 9.23. The van der Waals surface area contributed by atoms with Crippen molar-refractivity contribution in [2.24, 2.45) is 0 Å². The maximum absolute atomic E-state index is 12.4. The molecule has 0 bridgehead atoms. The summed E-state index contributed by atoms with van der Waals surface area (Å²) in [5, 5.41) is 3.26.